The molecule has 0 aromatic carbocycles. The molecule has 1 N–H and O–H groups in total. The van der Waals surface area contributed by atoms with Gasteiger partial charge in [-0.05, 0) is 62.2 Å². The van der Waals surface area contributed by atoms with Gasteiger partial charge in [0.2, 0.25) is 5.82 Å². The van der Waals surface area contributed by atoms with E-state index in [1.165, 1.54) is 62.5 Å². The van der Waals surface area contributed by atoms with E-state index in [2.05, 4.69) is 56.7 Å². The Labute approximate surface area is 189 Å². The zero-order valence-electron chi connectivity index (χ0n) is 20.4. The van der Waals surface area contributed by atoms with Crippen molar-refractivity contribution in [3.63, 3.8) is 0 Å². The molecule has 1 aromatic rings. The van der Waals surface area contributed by atoms with Crippen LogP contribution in [0, 0.1) is 5.41 Å². The maximum absolute atomic E-state index is 12.2. The van der Waals surface area contributed by atoms with Crippen molar-refractivity contribution in [2.45, 2.75) is 98.8 Å². The number of ether oxygens (including phenoxy) is 1. The van der Waals surface area contributed by atoms with Gasteiger partial charge in [-0.25, -0.2) is 9.78 Å². The van der Waals surface area contributed by atoms with E-state index in [0.29, 0.717) is 6.61 Å². The molecular weight excluding hydrogens is 384 g/mol. The highest BCUT2D eigenvalue weighted by Crippen LogP contribution is 2.40. The molecule has 1 aliphatic rings. The molecule has 0 saturated heterocycles. The van der Waals surface area contributed by atoms with Crippen LogP contribution in [0.5, 0.6) is 0 Å². The number of allylic oxidation sites excluding steroid dienone is 5. The zero-order valence-corrected chi connectivity index (χ0v) is 20.4. The van der Waals surface area contributed by atoms with Crippen LogP contribution in [-0.2, 0) is 4.74 Å². The van der Waals surface area contributed by atoms with Gasteiger partial charge in [0.15, 0.2) is 0 Å². The van der Waals surface area contributed by atoms with Gasteiger partial charge < -0.3 is 9.72 Å². The minimum atomic E-state index is -0.372. The van der Waals surface area contributed by atoms with E-state index in [0.717, 1.165) is 24.1 Å². The number of rotatable bonds is 12. The molecule has 2 rings (SSSR count). The first kappa shape index (κ1) is 25.2. The second-order valence-corrected chi connectivity index (χ2v) is 9.60. The smallest absolute Gasteiger partial charge is 0.374 e. The number of nitrogens with zero attached hydrogens (tertiary/aromatic N) is 1. The number of carbonyl (C=O) groups is 1. The van der Waals surface area contributed by atoms with Crippen molar-refractivity contribution in [1.82, 2.24) is 9.97 Å². The lowest BCUT2D eigenvalue weighted by Crippen LogP contribution is -2.19. The summed E-state index contributed by atoms with van der Waals surface area (Å²) in [6.07, 6.45) is 20.2. The van der Waals surface area contributed by atoms with Crippen LogP contribution in [-0.4, -0.2) is 22.5 Å². The third kappa shape index (κ3) is 8.51. The fourth-order valence-corrected chi connectivity index (χ4v) is 4.32. The number of hydrogen-bond donors (Lipinski definition) is 1. The summed E-state index contributed by atoms with van der Waals surface area (Å²) in [7, 11) is 0. The Hall–Kier alpha value is -2.10. The second-order valence-electron chi connectivity index (χ2n) is 9.60. The molecule has 31 heavy (non-hydrogen) atoms. The van der Waals surface area contributed by atoms with E-state index < -0.39 is 0 Å². The zero-order chi connectivity index (χ0) is 22.7. The highest BCUT2D eigenvalue weighted by Gasteiger charge is 2.26. The summed E-state index contributed by atoms with van der Waals surface area (Å²) in [5, 5.41) is 0. The monoisotopic (exact) mass is 426 g/mol. The lowest BCUT2D eigenvalue weighted by Gasteiger charge is -2.32. The van der Waals surface area contributed by atoms with Gasteiger partial charge in [0.25, 0.3) is 0 Å². The molecule has 0 bridgehead atoms. The molecule has 0 aliphatic heterocycles. The summed E-state index contributed by atoms with van der Waals surface area (Å²) in [5.41, 5.74) is 5.12. The summed E-state index contributed by atoms with van der Waals surface area (Å²) < 4.78 is 5.36. The summed E-state index contributed by atoms with van der Waals surface area (Å²) in [6, 6.07) is 0. The Morgan fingerprint density at radius 2 is 1.90 bits per heavy atom. The van der Waals surface area contributed by atoms with Crippen LogP contribution >= 0.6 is 0 Å². The van der Waals surface area contributed by atoms with Crippen LogP contribution in [0.2, 0.25) is 0 Å². The molecule has 1 aromatic heterocycles. The number of aromatic nitrogens is 2. The summed E-state index contributed by atoms with van der Waals surface area (Å²) >= 11 is 0. The van der Waals surface area contributed by atoms with Gasteiger partial charge in [0.05, 0.1) is 18.5 Å². The molecule has 0 spiro atoms. The second kappa shape index (κ2) is 12.7. The quantitative estimate of drug-likeness (QED) is 0.211. The van der Waals surface area contributed by atoms with Crippen LogP contribution in [0.15, 0.2) is 35.1 Å². The van der Waals surface area contributed by atoms with E-state index in [1.54, 1.807) is 6.20 Å². The predicted octanol–water partition coefficient (Wildman–Crippen LogP) is 7.80. The number of carbonyl (C=O) groups excluding carboxylic acids is 1. The summed E-state index contributed by atoms with van der Waals surface area (Å²) in [5.74, 6) is -0.0958. The van der Waals surface area contributed by atoms with Crippen molar-refractivity contribution in [3.8, 4) is 0 Å². The largest absolute Gasteiger partial charge is 0.460 e. The topological polar surface area (TPSA) is 55.0 Å². The maximum atomic E-state index is 12.2. The third-order valence-electron chi connectivity index (χ3n) is 6.21. The maximum Gasteiger partial charge on any atom is 0.374 e. The Kier molecular flexibility index (Phi) is 10.3. The molecular formula is C27H42N2O2. The van der Waals surface area contributed by atoms with Crippen molar-refractivity contribution in [2.75, 3.05) is 6.61 Å². The van der Waals surface area contributed by atoms with Crippen molar-refractivity contribution in [1.29, 1.82) is 0 Å². The first-order valence-electron chi connectivity index (χ1n) is 12.1. The van der Waals surface area contributed by atoms with Crippen LogP contribution < -0.4 is 0 Å². The van der Waals surface area contributed by atoms with Gasteiger partial charge in [-0.15, -0.1) is 0 Å². The standard InChI is InChI=1S/C27H42N2O2/c1-6-7-8-9-10-11-12-18-31-26(30)25-28-20-23(29-25)19-21(2)15-16-24-22(3)14-13-17-27(24,4)5/h15-16,19-20H,6-14,17-18H2,1-5H3,(H,28,29)/b16-15+,21-19+. The average molecular weight is 427 g/mol. The summed E-state index contributed by atoms with van der Waals surface area (Å²) in [4.78, 5) is 19.5. The first-order chi connectivity index (χ1) is 14.8. The molecule has 0 unspecified atom stereocenters. The Morgan fingerprint density at radius 3 is 2.61 bits per heavy atom. The van der Waals surface area contributed by atoms with Crippen molar-refractivity contribution >= 4 is 12.0 Å². The molecule has 0 amide bonds. The van der Waals surface area contributed by atoms with Crippen LogP contribution in [0.1, 0.15) is 115 Å². The van der Waals surface area contributed by atoms with Crippen LogP contribution in [0.4, 0.5) is 0 Å². The highest BCUT2D eigenvalue weighted by atomic mass is 16.5. The number of hydrogen-bond acceptors (Lipinski definition) is 3. The number of imidazole rings is 1. The van der Waals surface area contributed by atoms with Crippen LogP contribution in [0.3, 0.4) is 0 Å². The minimum absolute atomic E-state index is 0.236. The molecule has 4 nitrogen and oxygen atoms in total. The third-order valence-corrected chi connectivity index (χ3v) is 6.21. The first-order valence-corrected chi connectivity index (χ1v) is 12.1. The van der Waals surface area contributed by atoms with Gasteiger partial charge in [0, 0.05) is 0 Å². The SMILES string of the molecule is CCCCCCCCCOC(=O)c1ncc(/C=C(C)/C=C/C2=C(C)CCCC2(C)C)[nH]1. The van der Waals surface area contributed by atoms with E-state index in [9.17, 15) is 4.79 Å². The van der Waals surface area contributed by atoms with Crippen molar-refractivity contribution in [3.05, 3.63) is 46.6 Å². The van der Waals surface area contributed by atoms with Gasteiger partial charge in [-0.2, -0.15) is 0 Å². The lowest BCUT2D eigenvalue weighted by molar-refractivity contribution is 0.0484. The van der Waals surface area contributed by atoms with Gasteiger partial charge in [-0.1, -0.05) is 77.0 Å². The molecule has 0 saturated carbocycles. The summed E-state index contributed by atoms with van der Waals surface area (Å²) in [6.45, 7) is 11.7. The fraction of sp³-hybridized carbons (Fsp3) is 0.630. The fourth-order valence-electron chi connectivity index (χ4n) is 4.32. The minimum Gasteiger partial charge on any atom is -0.460 e. The number of aromatic amines is 1. The van der Waals surface area contributed by atoms with E-state index in [1.807, 2.05) is 6.08 Å². The van der Waals surface area contributed by atoms with Crippen molar-refractivity contribution in [2.24, 2.45) is 5.41 Å². The molecule has 0 atom stereocenters. The molecule has 0 fully saturated rings. The number of H-pyrrole nitrogens is 1. The van der Waals surface area contributed by atoms with Crippen molar-refractivity contribution < 1.29 is 9.53 Å². The van der Waals surface area contributed by atoms with E-state index in [4.69, 9.17) is 4.74 Å². The average Bonchev–Trinajstić information content (AvgIpc) is 3.17. The van der Waals surface area contributed by atoms with Gasteiger partial charge >= 0.3 is 5.97 Å². The normalized spacial score (nSPS) is 16.9. The Bertz CT molecular complexity index is 796. The predicted molar refractivity (Wildman–Crippen MR) is 130 cm³/mol. The van der Waals surface area contributed by atoms with E-state index in [-0.39, 0.29) is 17.2 Å². The molecule has 1 heterocycles. The van der Waals surface area contributed by atoms with Gasteiger partial charge in [0.1, 0.15) is 0 Å². The number of unbranched alkanes of at least 4 members (excludes halogenated alkanes) is 6. The number of esters is 1. The van der Waals surface area contributed by atoms with Gasteiger partial charge in [-0.3, -0.25) is 0 Å². The highest BCUT2D eigenvalue weighted by molar-refractivity contribution is 5.85. The Balaban J connectivity index is 1.82. The molecule has 0 radical (unpaired) electrons. The lowest BCUT2D eigenvalue weighted by atomic mass is 9.72. The van der Waals surface area contributed by atoms with E-state index >= 15 is 0 Å². The molecule has 172 valence electrons. The molecule has 1 aliphatic carbocycles. The Morgan fingerprint density at radius 1 is 1.19 bits per heavy atom. The van der Waals surface area contributed by atoms with Crippen LogP contribution in [0.25, 0.3) is 6.08 Å². The number of nitrogens with one attached hydrogen (secondary N) is 1. The molecule has 4 heteroatoms.